The van der Waals surface area contributed by atoms with E-state index in [9.17, 15) is 0 Å². The minimum absolute atomic E-state index is 0.726. The van der Waals surface area contributed by atoms with Crippen LogP contribution < -0.4 is 5.48 Å². The van der Waals surface area contributed by atoms with Gasteiger partial charge in [0.25, 0.3) is 0 Å². The molecule has 2 nitrogen and oxygen atoms in total. The van der Waals surface area contributed by atoms with Gasteiger partial charge in [-0.2, -0.15) is 11.8 Å². The summed E-state index contributed by atoms with van der Waals surface area (Å²) in [5, 5.41) is 0.726. The van der Waals surface area contributed by atoms with Gasteiger partial charge in [-0.3, -0.25) is 0 Å². The second-order valence-corrected chi connectivity index (χ2v) is 3.70. The molecule has 0 aliphatic carbocycles. The lowest BCUT2D eigenvalue weighted by atomic mass is 10.6. The Morgan fingerprint density at radius 1 is 1.56 bits per heavy atom. The summed E-state index contributed by atoms with van der Waals surface area (Å²) >= 11 is 1.93. The highest BCUT2D eigenvalue weighted by Crippen LogP contribution is 2.06. The first-order chi connectivity index (χ1) is 4.27. The van der Waals surface area contributed by atoms with Gasteiger partial charge in [0.2, 0.25) is 0 Å². The fourth-order valence-corrected chi connectivity index (χ4v) is 1.11. The fraction of sp³-hybridized carbons (Fsp3) is 1.00. The highest BCUT2D eigenvalue weighted by molar-refractivity contribution is 7.99. The van der Waals surface area contributed by atoms with E-state index < -0.39 is 0 Å². The molecule has 0 aromatic rings. The summed E-state index contributed by atoms with van der Waals surface area (Å²) in [6, 6.07) is 0. The summed E-state index contributed by atoms with van der Waals surface area (Å²) in [7, 11) is 1.64. The van der Waals surface area contributed by atoms with Gasteiger partial charge in [-0.1, -0.05) is 13.8 Å². The van der Waals surface area contributed by atoms with E-state index in [-0.39, 0.29) is 0 Å². The summed E-state index contributed by atoms with van der Waals surface area (Å²) in [5.41, 5.74) is 2.78. The molecule has 0 fully saturated rings. The van der Waals surface area contributed by atoms with Crippen molar-refractivity contribution in [3.63, 3.8) is 0 Å². The average molecular weight is 149 g/mol. The molecule has 0 radical (unpaired) electrons. The molecule has 0 saturated heterocycles. The summed E-state index contributed by atoms with van der Waals surface area (Å²) in [6.45, 7) is 5.31. The van der Waals surface area contributed by atoms with Gasteiger partial charge in [-0.05, 0) is 5.25 Å². The van der Waals surface area contributed by atoms with Crippen LogP contribution in [0.25, 0.3) is 0 Å². The van der Waals surface area contributed by atoms with Crippen molar-refractivity contribution < 1.29 is 4.84 Å². The van der Waals surface area contributed by atoms with Crippen molar-refractivity contribution in [2.45, 2.75) is 19.1 Å². The SMILES string of the molecule is CONCCSC(C)C. The topological polar surface area (TPSA) is 21.3 Å². The number of hydrogen-bond acceptors (Lipinski definition) is 3. The predicted octanol–water partition coefficient (Wildman–Crippen LogP) is 1.28. The molecule has 0 atom stereocenters. The maximum Gasteiger partial charge on any atom is 0.0572 e. The van der Waals surface area contributed by atoms with Crippen molar-refractivity contribution >= 4 is 11.8 Å². The maximum absolute atomic E-state index is 4.66. The third kappa shape index (κ3) is 8.27. The van der Waals surface area contributed by atoms with Crippen LogP contribution in [0.5, 0.6) is 0 Å². The first-order valence-corrected chi connectivity index (χ1v) is 4.19. The molecule has 0 saturated carbocycles. The number of rotatable bonds is 5. The van der Waals surface area contributed by atoms with Gasteiger partial charge in [-0.25, -0.2) is 5.48 Å². The largest absolute Gasteiger partial charge is 0.305 e. The Morgan fingerprint density at radius 2 is 2.22 bits per heavy atom. The van der Waals surface area contributed by atoms with Gasteiger partial charge in [0.1, 0.15) is 0 Å². The van der Waals surface area contributed by atoms with Gasteiger partial charge in [-0.15, -0.1) is 0 Å². The van der Waals surface area contributed by atoms with Gasteiger partial charge < -0.3 is 4.84 Å². The Labute approximate surface area is 61.3 Å². The Morgan fingerprint density at radius 3 is 2.67 bits per heavy atom. The summed E-state index contributed by atoms with van der Waals surface area (Å²) < 4.78 is 0. The minimum Gasteiger partial charge on any atom is -0.305 e. The minimum atomic E-state index is 0.726. The molecular weight excluding hydrogens is 134 g/mol. The van der Waals surface area contributed by atoms with E-state index in [1.54, 1.807) is 7.11 Å². The van der Waals surface area contributed by atoms with Gasteiger partial charge in [0, 0.05) is 12.3 Å². The molecule has 3 heteroatoms. The van der Waals surface area contributed by atoms with E-state index in [0.717, 1.165) is 17.5 Å². The van der Waals surface area contributed by atoms with Gasteiger partial charge >= 0.3 is 0 Å². The van der Waals surface area contributed by atoms with Gasteiger partial charge in [0.15, 0.2) is 0 Å². The molecule has 0 unspecified atom stereocenters. The Hall–Kier alpha value is 0.270. The van der Waals surface area contributed by atoms with Crippen molar-refractivity contribution in [3.05, 3.63) is 0 Å². The molecule has 0 aliphatic rings. The zero-order chi connectivity index (χ0) is 7.11. The van der Waals surface area contributed by atoms with Crippen LogP contribution in [0.2, 0.25) is 0 Å². The number of nitrogens with one attached hydrogen (secondary N) is 1. The molecule has 1 N–H and O–H groups in total. The van der Waals surface area contributed by atoms with E-state index in [4.69, 9.17) is 0 Å². The van der Waals surface area contributed by atoms with Crippen LogP contribution in [0, 0.1) is 0 Å². The quantitative estimate of drug-likeness (QED) is 0.470. The molecule has 56 valence electrons. The molecule has 0 aromatic heterocycles. The van der Waals surface area contributed by atoms with E-state index in [1.807, 2.05) is 11.8 Å². The summed E-state index contributed by atoms with van der Waals surface area (Å²) in [5.74, 6) is 1.12. The summed E-state index contributed by atoms with van der Waals surface area (Å²) in [4.78, 5) is 4.66. The molecule has 0 amide bonds. The normalized spacial score (nSPS) is 10.7. The van der Waals surface area contributed by atoms with Crippen LogP contribution >= 0.6 is 11.8 Å². The Kier molecular flexibility index (Phi) is 6.58. The van der Waals surface area contributed by atoms with E-state index in [1.165, 1.54) is 0 Å². The van der Waals surface area contributed by atoms with E-state index in [0.29, 0.717) is 0 Å². The monoisotopic (exact) mass is 149 g/mol. The zero-order valence-electron chi connectivity index (χ0n) is 6.31. The first kappa shape index (κ1) is 9.27. The average Bonchev–Trinajstić information content (AvgIpc) is 1.80. The number of hydroxylamine groups is 1. The standard InChI is InChI=1S/C6H15NOS/c1-6(2)9-5-4-7-8-3/h6-7H,4-5H2,1-3H3. The number of hydrogen-bond donors (Lipinski definition) is 1. The third-order valence-electron chi connectivity index (χ3n) is 0.800. The van der Waals surface area contributed by atoms with Crippen LogP contribution in [-0.4, -0.2) is 24.7 Å². The molecule has 0 heterocycles. The van der Waals surface area contributed by atoms with Crippen molar-refractivity contribution in [3.8, 4) is 0 Å². The molecular formula is C6H15NOS. The smallest absolute Gasteiger partial charge is 0.0572 e. The molecule has 0 bridgehead atoms. The lowest BCUT2D eigenvalue weighted by Gasteiger charge is -2.03. The van der Waals surface area contributed by atoms with Crippen LogP contribution in [-0.2, 0) is 4.84 Å². The van der Waals surface area contributed by atoms with Crippen LogP contribution in [0.15, 0.2) is 0 Å². The fourth-order valence-electron chi connectivity index (χ4n) is 0.438. The van der Waals surface area contributed by atoms with Crippen LogP contribution in [0.3, 0.4) is 0 Å². The lowest BCUT2D eigenvalue weighted by Crippen LogP contribution is -2.15. The van der Waals surface area contributed by atoms with Crippen molar-refractivity contribution in [1.82, 2.24) is 5.48 Å². The molecule has 0 spiro atoms. The second-order valence-electron chi connectivity index (χ2n) is 2.02. The van der Waals surface area contributed by atoms with Crippen molar-refractivity contribution in [1.29, 1.82) is 0 Å². The Balaban J connectivity index is 2.75. The molecule has 0 aromatic carbocycles. The third-order valence-corrected chi connectivity index (χ3v) is 1.91. The second kappa shape index (κ2) is 6.39. The molecule has 0 rings (SSSR count). The Bertz CT molecular complexity index is 59.0. The van der Waals surface area contributed by atoms with Crippen molar-refractivity contribution in [2.24, 2.45) is 0 Å². The molecule has 0 aliphatic heterocycles. The zero-order valence-corrected chi connectivity index (χ0v) is 7.12. The van der Waals surface area contributed by atoms with E-state index in [2.05, 4.69) is 24.2 Å². The highest BCUT2D eigenvalue weighted by atomic mass is 32.2. The lowest BCUT2D eigenvalue weighted by molar-refractivity contribution is 0.0970. The maximum atomic E-state index is 4.66. The van der Waals surface area contributed by atoms with Crippen LogP contribution in [0.1, 0.15) is 13.8 Å². The first-order valence-electron chi connectivity index (χ1n) is 3.15. The number of thioether (sulfide) groups is 1. The highest BCUT2D eigenvalue weighted by Gasteiger charge is 1.91. The summed E-state index contributed by atoms with van der Waals surface area (Å²) in [6.07, 6.45) is 0. The van der Waals surface area contributed by atoms with E-state index >= 15 is 0 Å². The van der Waals surface area contributed by atoms with Crippen LogP contribution in [0.4, 0.5) is 0 Å². The van der Waals surface area contributed by atoms with Crippen molar-refractivity contribution in [2.75, 3.05) is 19.4 Å². The van der Waals surface area contributed by atoms with Gasteiger partial charge in [0.05, 0.1) is 7.11 Å². The predicted molar refractivity (Wildman–Crippen MR) is 42.6 cm³/mol. The molecule has 9 heavy (non-hydrogen) atoms.